The Kier molecular flexibility index (Phi) is 5.31. The minimum absolute atomic E-state index is 0.0140. The monoisotopic (exact) mass is 367 g/mol. The van der Waals surface area contributed by atoms with E-state index in [-0.39, 0.29) is 23.7 Å². The van der Waals surface area contributed by atoms with E-state index in [1.54, 1.807) is 6.07 Å². The van der Waals surface area contributed by atoms with Crippen LogP contribution in [0, 0.1) is 5.82 Å². The fourth-order valence-electron chi connectivity index (χ4n) is 3.70. The summed E-state index contributed by atoms with van der Waals surface area (Å²) in [6.07, 6.45) is 2.61. The van der Waals surface area contributed by atoms with Crippen molar-refractivity contribution in [2.45, 2.75) is 45.1 Å². The van der Waals surface area contributed by atoms with E-state index in [0.717, 1.165) is 23.2 Å². The third kappa shape index (κ3) is 4.18. The smallest absolute Gasteiger partial charge is 0.244 e. The average molecular weight is 367 g/mol. The van der Waals surface area contributed by atoms with Crippen LogP contribution in [0.25, 0.3) is 0 Å². The van der Waals surface area contributed by atoms with Gasteiger partial charge in [-0.1, -0.05) is 37.3 Å². The maximum absolute atomic E-state index is 14.6. The molecule has 1 aliphatic rings. The lowest BCUT2D eigenvalue weighted by Crippen LogP contribution is -2.45. The Balaban J connectivity index is 1.73. The topological polar surface area (TPSA) is 44.7 Å². The minimum Gasteiger partial charge on any atom is -0.369 e. The van der Waals surface area contributed by atoms with E-state index in [0.29, 0.717) is 11.5 Å². The third-order valence-electron chi connectivity index (χ3n) is 5.35. The van der Waals surface area contributed by atoms with Gasteiger partial charge in [-0.05, 0) is 49.4 Å². The fraction of sp³-hybridized carbons (Fsp3) is 0.364. The Morgan fingerprint density at radius 3 is 2.74 bits per heavy atom. The Bertz CT molecular complexity index is 861. The van der Waals surface area contributed by atoms with Gasteiger partial charge in [-0.3, -0.25) is 4.79 Å². The number of fused-ring (bicyclic) bond motifs is 1. The van der Waals surface area contributed by atoms with E-state index < -0.39 is 0 Å². The molecule has 142 valence electrons. The van der Waals surface area contributed by atoms with Crippen LogP contribution >= 0.6 is 0 Å². The molecule has 1 amide bonds. The molecule has 2 aromatic rings. The van der Waals surface area contributed by atoms with Gasteiger partial charge in [0.15, 0.2) is 0 Å². The highest BCUT2D eigenvalue weighted by molar-refractivity contribution is 5.84. The Morgan fingerprint density at radius 2 is 2.04 bits per heavy atom. The second kappa shape index (κ2) is 7.51. The molecule has 0 aliphatic carbocycles. The number of anilines is 1. The van der Waals surface area contributed by atoms with E-state index in [1.807, 2.05) is 43.4 Å². The van der Waals surface area contributed by atoms with E-state index in [4.69, 9.17) is 0 Å². The lowest BCUT2D eigenvalue weighted by molar-refractivity contribution is -0.120. The van der Waals surface area contributed by atoms with Crippen molar-refractivity contribution in [2.24, 2.45) is 5.10 Å². The number of hydrogen-bond acceptors (Lipinski definition) is 3. The summed E-state index contributed by atoms with van der Waals surface area (Å²) in [5.41, 5.74) is 5.77. The lowest BCUT2D eigenvalue weighted by atomic mass is 9.80. The summed E-state index contributed by atoms with van der Waals surface area (Å²) >= 11 is 0. The first kappa shape index (κ1) is 19.1. The van der Waals surface area contributed by atoms with Crippen LogP contribution in [0.15, 0.2) is 47.6 Å². The number of rotatable bonds is 4. The lowest BCUT2D eigenvalue weighted by Gasteiger charge is -2.45. The maximum Gasteiger partial charge on any atom is 0.244 e. The molecule has 0 saturated heterocycles. The number of hydrogen-bond donors (Lipinski definition) is 1. The predicted molar refractivity (Wildman–Crippen MR) is 108 cm³/mol. The molecule has 0 spiro atoms. The zero-order valence-electron chi connectivity index (χ0n) is 16.3. The molecule has 0 fully saturated rings. The van der Waals surface area contributed by atoms with E-state index in [2.05, 4.69) is 36.2 Å². The van der Waals surface area contributed by atoms with Crippen LogP contribution in [0.1, 0.15) is 49.8 Å². The van der Waals surface area contributed by atoms with Gasteiger partial charge in [-0.25, -0.2) is 9.82 Å². The van der Waals surface area contributed by atoms with Gasteiger partial charge in [0.25, 0.3) is 0 Å². The molecule has 1 aliphatic heterocycles. The van der Waals surface area contributed by atoms with Crippen molar-refractivity contribution in [3.8, 4) is 0 Å². The van der Waals surface area contributed by atoms with E-state index >= 15 is 0 Å². The van der Waals surface area contributed by atoms with Gasteiger partial charge in [-0.15, -0.1) is 0 Å². The summed E-state index contributed by atoms with van der Waals surface area (Å²) in [5, 5.41) is 3.94. The average Bonchev–Trinajstić information content (AvgIpc) is 2.61. The number of nitrogens with zero attached hydrogens (tertiary/aromatic N) is 2. The molecule has 1 unspecified atom stereocenters. The Morgan fingerprint density at radius 1 is 1.33 bits per heavy atom. The molecule has 1 atom stereocenters. The highest BCUT2D eigenvalue weighted by Crippen LogP contribution is 2.43. The molecular weight excluding hydrogens is 341 g/mol. The van der Waals surface area contributed by atoms with Crippen molar-refractivity contribution >= 4 is 17.8 Å². The normalized spacial score (nSPS) is 18.4. The van der Waals surface area contributed by atoms with Crippen molar-refractivity contribution < 1.29 is 9.18 Å². The third-order valence-corrected chi connectivity index (χ3v) is 5.35. The van der Waals surface area contributed by atoms with Gasteiger partial charge in [0, 0.05) is 23.8 Å². The quantitative estimate of drug-likeness (QED) is 0.649. The number of carbonyl (C=O) groups is 1. The number of benzene rings is 2. The first-order valence-electron chi connectivity index (χ1n) is 9.21. The highest BCUT2D eigenvalue weighted by Gasteiger charge is 2.34. The maximum atomic E-state index is 14.6. The molecule has 4 nitrogen and oxygen atoms in total. The molecule has 3 rings (SSSR count). The SMILES string of the molecule is CC1CC(C)(C)N(C)c2cc(F)c(/C=N\NC(=O)Cc3ccccc3)cc21. The van der Waals surface area contributed by atoms with Crippen molar-refractivity contribution in [1.29, 1.82) is 0 Å². The van der Waals surface area contributed by atoms with Crippen LogP contribution in [0.2, 0.25) is 0 Å². The Hall–Kier alpha value is -2.69. The first-order valence-corrected chi connectivity index (χ1v) is 9.21. The van der Waals surface area contributed by atoms with Gasteiger partial charge in [-0.2, -0.15) is 5.10 Å². The second-order valence-corrected chi connectivity index (χ2v) is 7.86. The number of nitrogens with one attached hydrogen (secondary N) is 1. The number of carbonyl (C=O) groups excluding carboxylic acids is 1. The molecule has 0 bridgehead atoms. The second-order valence-electron chi connectivity index (χ2n) is 7.86. The summed E-state index contributed by atoms with van der Waals surface area (Å²) in [5.74, 6) is -0.246. The molecule has 1 N–H and O–H groups in total. The molecule has 1 heterocycles. The largest absolute Gasteiger partial charge is 0.369 e. The summed E-state index contributed by atoms with van der Waals surface area (Å²) < 4.78 is 14.6. The van der Waals surface area contributed by atoms with Crippen LogP contribution in [-0.2, 0) is 11.2 Å². The van der Waals surface area contributed by atoms with Crippen LogP contribution < -0.4 is 10.3 Å². The van der Waals surface area contributed by atoms with Crippen LogP contribution in [0.5, 0.6) is 0 Å². The zero-order valence-corrected chi connectivity index (χ0v) is 16.3. The van der Waals surface area contributed by atoms with E-state index in [1.165, 1.54) is 6.21 Å². The molecule has 27 heavy (non-hydrogen) atoms. The summed E-state index contributed by atoms with van der Waals surface area (Å²) in [7, 11) is 2.00. The minimum atomic E-state index is -0.341. The van der Waals surface area contributed by atoms with Crippen LogP contribution in [0.4, 0.5) is 10.1 Å². The summed E-state index contributed by atoms with van der Waals surface area (Å²) in [6.45, 7) is 6.50. The highest BCUT2D eigenvalue weighted by atomic mass is 19.1. The predicted octanol–water partition coefficient (Wildman–Crippen LogP) is 4.24. The van der Waals surface area contributed by atoms with Gasteiger partial charge in [0.05, 0.1) is 12.6 Å². The molecule has 0 radical (unpaired) electrons. The van der Waals surface area contributed by atoms with Gasteiger partial charge in [0.1, 0.15) is 5.82 Å². The van der Waals surface area contributed by atoms with Crippen LogP contribution in [0.3, 0.4) is 0 Å². The first-order chi connectivity index (χ1) is 12.8. The molecule has 0 saturated carbocycles. The number of halogens is 1. The number of hydrazone groups is 1. The van der Waals surface area contributed by atoms with Crippen molar-refractivity contribution in [2.75, 3.05) is 11.9 Å². The van der Waals surface area contributed by atoms with Gasteiger partial charge >= 0.3 is 0 Å². The van der Waals surface area contributed by atoms with Gasteiger partial charge < -0.3 is 4.90 Å². The summed E-state index contributed by atoms with van der Waals surface area (Å²) in [6, 6.07) is 12.8. The Labute approximate surface area is 160 Å². The van der Waals surface area contributed by atoms with Crippen molar-refractivity contribution in [3.63, 3.8) is 0 Å². The molecule has 5 heteroatoms. The fourth-order valence-corrected chi connectivity index (χ4v) is 3.70. The standard InChI is InChI=1S/C22H26FN3O/c1-15-13-22(2,3)26(4)20-12-19(23)17(11-18(15)20)14-24-25-21(27)10-16-8-6-5-7-9-16/h5-9,11-12,14-15H,10,13H2,1-4H3,(H,25,27)/b24-14-. The molecule has 2 aromatic carbocycles. The van der Waals surface area contributed by atoms with Crippen molar-refractivity contribution in [1.82, 2.24) is 5.43 Å². The van der Waals surface area contributed by atoms with Crippen molar-refractivity contribution in [3.05, 3.63) is 65.0 Å². The summed E-state index contributed by atoms with van der Waals surface area (Å²) in [4.78, 5) is 14.1. The number of amides is 1. The van der Waals surface area contributed by atoms with Crippen LogP contribution in [-0.4, -0.2) is 24.7 Å². The zero-order chi connectivity index (χ0) is 19.6. The molecular formula is C22H26FN3O. The molecule has 0 aromatic heterocycles. The van der Waals surface area contributed by atoms with Gasteiger partial charge in [0.2, 0.25) is 5.91 Å². The van der Waals surface area contributed by atoms with E-state index in [9.17, 15) is 9.18 Å².